The molecule has 0 unspecified atom stereocenters. The van der Waals surface area contributed by atoms with Crippen molar-refractivity contribution in [3.63, 3.8) is 0 Å². The van der Waals surface area contributed by atoms with Crippen molar-refractivity contribution in [3.05, 3.63) is 28.3 Å². The summed E-state index contributed by atoms with van der Waals surface area (Å²) in [5.74, 6) is 0.215. The number of benzene rings is 1. The first-order chi connectivity index (χ1) is 5.52. The van der Waals surface area contributed by atoms with E-state index in [0.717, 1.165) is 5.56 Å². The molecule has 0 saturated heterocycles. The van der Waals surface area contributed by atoms with Gasteiger partial charge in [-0.1, -0.05) is 11.6 Å². The standard InChI is InChI=1S/C9H12ClNO.ClH/c1-5-3-9(12)7(6(2)11)4-8(5)10;/h3-4,6,12H,11H2,1-2H3;1H/t6-;/m0./s1. The van der Waals surface area contributed by atoms with Crippen LogP contribution in [0.25, 0.3) is 0 Å². The number of phenols is 1. The number of nitrogens with two attached hydrogens (primary N) is 1. The topological polar surface area (TPSA) is 46.2 Å². The van der Waals surface area contributed by atoms with Crippen LogP contribution < -0.4 is 5.73 Å². The van der Waals surface area contributed by atoms with Crippen molar-refractivity contribution in [2.24, 2.45) is 5.73 Å². The molecule has 4 heteroatoms. The maximum absolute atomic E-state index is 9.45. The zero-order valence-electron chi connectivity index (χ0n) is 7.54. The molecule has 0 aliphatic carbocycles. The van der Waals surface area contributed by atoms with Crippen LogP contribution in [0.15, 0.2) is 12.1 Å². The highest BCUT2D eigenvalue weighted by atomic mass is 35.5. The first kappa shape index (κ1) is 12.6. The molecule has 13 heavy (non-hydrogen) atoms. The highest BCUT2D eigenvalue weighted by Crippen LogP contribution is 2.28. The maximum Gasteiger partial charge on any atom is 0.120 e. The Balaban J connectivity index is 0.00000144. The first-order valence-electron chi connectivity index (χ1n) is 3.77. The minimum atomic E-state index is -0.192. The zero-order chi connectivity index (χ0) is 9.30. The summed E-state index contributed by atoms with van der Waals surface area (Å²) in [6.07, 6.45) is 0. The Labute approximate surface area is 89.1 Å². The molecule has 1 aromatic rings. The van der Waals surface area contributed by atoms with E-state index in [1.807, 2.05) is 6.92 Å². The van der Waals surface area contributed by atoms with Gasteiger partial charge in [-0.15, -0.1) is 12.4 Å². The van der Waals surface area contributed by atoms with E-state index in [2.05, 4.69) is 0 Å². The van der Waals surface area contributed by atoms with Crippen LogP contribution in [0.4, 0.5) is 0 Å². The summed E-state index contributed by atoms with van der Waals surface area (Å²) in [6, 6.07) is 3.14. The third-order valence-electron chi connectivity index (χ3n) is 1.80. The number of aromatic hydroxyl groups is 1. The van der Waals surface area contributed by atoms with Gasteiger partial charge in [-0.2, -0.15) is 0 Å². The summed E-state index contributed by atoms with van der Waals surface area (Å²) in [4.78, 5) is 0. The van der Waals surface area contributed by atoms with Crippen LogP contribution >= 0.6 is 24.0 Å². The largest absolute Gasteiger partial charge is 0.508 e. The smallest absolute Gasteiger partial charge is 0.120 e. The van der Waals surface area contributed by atoms with Gasteiger partial charge < -0.3 is 10.8 Å². The number of hydrogen-bond acceptors (Lipinski definition) is 2. The zero-order valence-corrected chi connectivity index (χ0v) is 9.12. The van der Waals surface area contributed by atoms with E-state index < -0.39 is 0 Å². The van der Waals surface area contributed by atoms with Crippen LogP contribution in [0.1, 0.15) is 24.1 Å². The van der Waals surface area contributed by atoms with Crippen molar-refractivity contribution >= 4 is 24.0 Å². The normalized spacial score (nSPS) is 12.0. The van der Waals surface area contributed by atoms with Crippen LogP contribution in [0.3, 0.4) is 0 Å². The minimum absolute atomic E-state index is 0. The van der Waals surface area contributed by atoms with Crippen LogP contribution in [-0.2, 0) is 0 Å². The molecule has 0 radical (unpaired) electrons. The van der Waals surface area contributed by atoms with Gasteiger partial charge in [0.2, 0.25) is 0 Å². The van der Waals surface area contributed by atoms with Gasteiger partial charge in [0.25, 0.3) is 0 Å². The van der Waals surface area contributed by atoms with E-state index in [4.69, 9.17) is 17.3 Å². The summed E-state index contributed by atoms with van der Waals surface area (Å²) < 4.78 is 0. The lowest BCUT2D eigenvalue weighted by molar-refractivity contribution is 0.463. The van der Waals surface area contributed by atoms with Crippen LogP contribution in [0.2, 0.25) is 5.02 Å². The Kier molecular flexibility index (Phi) is 4.54. The fraction of sp³-hybridized carbons (Fsp3) is 0.333. The van der Waals surface area contributed by atoms with E-state index in [0.29, 0.717) is 10.6 Å². The second-order valence-corrected chi connectivity index (χ2v) is 3.36. The Morgan fingerprint density at radius 2 is 2.00 bits per heavy atom. The van der Waals surface area contributed by atoms with Gasteiger partial charge >= 0.3 is 0 Å². The molecule has 74 valence electrons. The molecule has 3 N–H and O–H groups in total. The lowest BCUT2D eigenvalue weighted by Crippen LogP contribution is -2.05. The Morgan fingerprint density at radius 3 is 2.46 bits per heavy atom. The van der Waals surface area contributed by atoms with Gasteiger partial charge in [0, 0.05) is 16.6 Å². The Hall–Kier alpha value is -0.440. The predicted octanol–water partition coefficient (Wildman–Crippen LogP) is 2.80. The molecule has 0 aliphatic heterocycles. The molecule has 0 heterocycles. The maximum atomic E-state index is 9.45. The van der Waals surface area contributed by atoms with E-state index in [1.165, 1.54) is 0 Å². The molecule has 0 bridgehead atoms. The molecular formula is C9H13Cl2NO. The third-order valence-corrected chi connectivity index (χ3v) is 2.21. The van der Waals surface area contributed by atoms with E-state index in [1.54, 1.807) is 19.1 Å². The van der Waals surface area contributed by atoms with Gasteiger partial charge in [-0.25, -0.2) is 0 Å². The predicted molar refractivity (Wildman–Crippen MR) is 57.7 cm³/mol. The van der Waals surface area contributed by atoms with Crippen molar-refractivity contribution in [1.29, 1.82) is 0 Å². The molecule has 1 atom stereocenters. The number of aryl methyl sites for hydroxylation is 1. The van der Waals surface area contributed by atoms with Crippen LogP contribution in [-0.4, -0.2) is 5.11 Å². The lowest BCUT2D eigenvalue weighted by Gasteiger charge is -2.09. The SMILES string of the molecule is Cc1cc(O)c([C@H](C)N)cc1Cl.Cl. The molecule has 0 spiro atoms. The van der Waals surface area contributed by atoms with Crippen molar-refractivity contribution < 1.29 is 5.11 Å². The number of phenolic OH excluding ortho intramolecular Hbond substituents is 1. The van der Waals surface area contributed by atoms with E-state index in [-0.39, 0.29) is 24.2 Å². The van der Waals surface area contributed by atoms with Gasteiger partial charge in [-0.05, 0) is 31.5 Å². The molecule has 0 aromatic heterocycles. The van der Waals surface area contributed by atoms with Crippen molar-refractivity contribution in [2.75, 3.05) is 0 Å². The highest BCUT2D eigenvalue weighted by Gasteiger charge is 2.08. The lowest BCUT2D eigenvalue weighted by atomic mass is 10.1. The average molecular weight is 222 g/mol. The summed E-state index contributed by atoms with van der Waals surface area (Å²) in [5.41, 5.74) is 7.16. The fourth-order valence-corrected chi connectivity index (χ4v) is 1.22. The highest BCUT2D eigenvalue weighted by molar-refractivity contribution is 6.31. The van der Waals surface area contributed by atoms with Crippen molar-refractivity contribution in [2.45, 2.75) is 19.9 Å². The summed E-state index contributed by atoms with van der Waals surface area (Å²) in [6.45, 7) is 3.65. The number of rotatable bonds is 1. The average Bonchev–Trinajstić information content (AvgIpc) is 1.96. The van der Waals surface area contributed by atoms with Gasteiger partial charge in [0.05, 0.1) is 0 Å². The first-order valence-corrected chi connectivity index (χ1v) is 4.14. The van der Waals surface area contributed by atoms with E-state index in [9.17, 15) is 5.11 Å². The quantitative estimate of drug-likeness (QED) is 0.767. The van der Waals surface area contributed by atoms with Gasteiger partial charge in [-0.3, -0.25) is 0 Å². The molecule has 2 nitrogen and oxygen atoms in total. The Morgan fingerprint density at radius 1 is 1.46 bits per heavy atom. The second-order valence-electron chi connectivity index (χ2n) is 2.95. The van der Waals surface area contributed by atoms with Crippen molar-refractivity contribution in [1.82, 2.24) is 0 Å². The molecule has 1 aromatic carbocycles. The molecule has 1 rings (SSSR count). The monoisotopic (exact) mass is 221 g/mol. The van der Waals surface area contributed by atoms with Crippen LogP contribution in [0, 0.1) is 6.92 Å². The molecule has 0 fully saturated rings. The van der Waals surface area contributed by atoms with Gasteiger partial charge in [0.1, 0.15) is 5.75 Å². The molecule has 0 amide bonds. The number of hydrogen-bond donors (Lipinski definition) is 2. The summed E-state index contributed by atoms with van der Waals surface area (Å²) in [7, 11) is 0. The summed E-state index contributed by atoms with van der Waals surface area (Å²) in [5, 5.41) is 10.1. The number of halogens is 2. The molecule has 0 aliphatic rings. The second kappa shape index (κ2) is 4.70. The summed E-state index contributed by atoms with van der Waals surface area (Å²) >= 11 is 5.86. The molecular weight excluding hydrogens is 209 g/mol. The fourth-order valence-electron chi connectivity index (χ4n) is 1.05. The van der Waals surface area contributed by atoms with Crippen LogP contribution in [0.5, 0.6) is 5.75 Å². The minimum Gasteiger partial charge on any atom is -0.508 e. The van der Waals surface area contributed by atoms with Gasteiger partial charge in [0.15, 0.2) is 0 Å². The Bertz CT molecular complexity index is 300. The third kappa shape index (κ3) is 2.76. The molecule has 0 saturated carbocycles. The van der Waals surface area contributed by atoms with Crippen molar-refractivity contribution in [3.8, 4) is 5.75 Å². The van der Waals surface area contributed by atoms with E-state index >= 15 is 0 Å².